The molecule has 0 radical (unpaired) electrons. The van der Waals surface area contributed by atoms with Gasteiger partial charge in [0.2, 0.25) is 5.91 Å². The van der Waals surface area contributed by atoms with E-state index in [-0.39, 0.29) is 11.8 Å². The third-order valence-corrected chi connectivity index (χ3v) is 3.79. The van der Waals surface area contributed by atoms with Gasteiger partial charge in [0.05, 0.1) is 11.3 Å². The molecule has 0 bridgehead atoms. The number of aryl methyl sites for hydroxylation is 1. The third kappa shape index (κ3) is 4.16. The van der Waals surface area contributed by atoms with Crippen molar-refractivity contribution in [3.8, 4) is 0 Å². The van der Waals surface area contributed by atoms with E-state index in [9.17, 15) is 9.59 Å². The van der Waals surface area contributed by atoms with Gasteiger partial charge >= 0.3 is 0 Å². The van der Waals surface area contributed by atoms with Crippen LogP contribution in [0.5, 0.6) is 0 Å². The van der Waals surface area contributed by atoms with Crippen molar-refractivity contribution >= 4 is 28.8 Å². The molecule has 0 aliphatic rings. The first-order valence-corrected chi connectivity index (χ1v) is 7.64. The standard InChI is InChI=1S/C16H18N2O2S/c1-18(2)16(20)13-5-3-4-6-14(13)17-15(19)8-7-12-9-10-21-11-12/h3-6,9-11H,7-8H2,1-2H3,(H,17,19). The maximum atomic E-state index is 12.1. The monoisotopic (exact) mass is 302 g/mol. The molecule has 1 aromatic carbocycles. The van der Waals surface area contributed by atoms with Gasteiger partial charge in [-0.3, -0.25) is 9.59 Å². The molecular weight excluding hydrogens is 284 g/mol. The molecule has 0 spiro atoms. The van der Waals surface area contributed by atoms with Crippen LogP contribution in [0.3, 0.4) is 0 Å². The summed E-state index contributed by atoms with van der Waals surface area (Å²) < 4.78 is 0. The van der Waals surface area contributed by atoms with Crippen molar-refractivity contribution in [3.05, 3.63) is 52.2 Å². The van der Waals surface area contributed by atoms with Gasteiger partial charge in [0.15, 0.2) is 0 Å². The van der Waals surface area contributed by atoms with Crippen LogP contribution in [0.2, 0.25) is 0 Å². The predicted molar refractivity (Wildman–Crippen MR) is 85.7 cm³/mol. The molecule has 0 unspecified atom stereocenters. The number of thiophene rings is 1. The van der Waals surface area contributed by atoms with E-state index in [1.54, 1.807) is 49.7 Å². The molecule has 0 aliphatic carbocycles. The summed E-state index contributed by atoms with van der Waals surface area (Å²) in [7, 11) is 3.38. The van der Waals surface area contributed by atoms with Gasteiger partial charge in [-0.25, -0.2) is 0 Å². The Bertz CT molecular complexity index is 621. The Morgan fingerprint density at radius 2 is 1.95 bits per heavy atom. The second kappa shape index (κ2) is 7.04. The molecule has 2 aromatic rings. The summed E-state index contributed by atoms with van der Waals surface area (Å²) in [5.74, 6) is -0.205. The van der Waals surface area contributed by atoms with Crippen LogP contribution < -0.4 is 5.32 Å². The second-order valence-electron chi connectivity index (χ2n) is 4.92. The van der Waals surface area contributed by atoms with Crippen LogP contribution >= 0.6 is 11.3 Å². The molecule has 0 saturated carbocycles. The summed E-state index contributed by atoms with van der Waals surface area (Å²) >= 11 is 1.62. The number of carbonyl (C=O) groups excluding carboxylic acids is 2. The van der Waals surface area contributed by atoms with Gasteiger partial charge in [-0.1, -0.05) is 12.1 Å². The summed E-state index contributed by atoms with van der Waals surface area (Å²) in [6.07, 6.45) is 1.11. The van der Waals surface area contributed by atoms with Gasteiger partial charge in [0.1, 0.15) is 0 Å². The van der Waals surface area contributed by atoms with Crippen molar-refractivity contribution in [2.45, 2.75) is 12.8 Å². The van der Waals surface area contributed by atoms with E-state index in [0.29, 0.717) is 24.1 Å². The number of para-hydroxylation sites is 1. The summed E-state index contributed by atoms with van der Waals surface area (Å²) in [6, 6.07) is 9.08. The molecule has 1 N–H and O–H groups in total. The normalized spacial score (nSPS) is 10.2. The van der Waals surface area contributed by atoms with Crippen LogP contribution in [0.1, 0.15) is 22.3 Å². The van der Waals surface area contributed by atoms with E-state index in [1.165, 1.54) is 4.90 Å². The van der Waals surface area contributed by atoms with E-state index in [0.717, 1.165) is 5.56 Å². The third-order valence-electron chi connectivity index (χ3n) is 3.06. The van der Waals surface area contributed by atoms with Crippen molar-refractivity contribution in [1.29, 1.82) is 0 Å². The first kappa shape index (κ1) is 15.3. The highest BCUT2D eigenvalue weighted by atomic mass is 32.1. The lowest BCUT2D eigenvalue weighted by molar-refractivity contribution is -0.116. The first-order chi connectivity index (χ1) is 10.1. The second-order valence-corrected chi connectivity index (χ2v) is 5.70. The van der Waals surface area contributed by atoms with Gasteiger partial charge in [-0.15, -0.1) is 0 Å². The first-order valence-electron chi connectivity index (χ1n) is 6.69. The molecule has 5 heteroatoms. The molecule has 0 aliphatic heterocycles. The molecular formula is C16H18N2O2S. The van der Waals surface area contributed by atoms with Crippen molar-refractivity contribution < 1.29 is 9.59 Å². The predicted octanol–water partition coefficient (Wildman–Crippen LogP) is 3.02. The van der Waals surface area contributed by atoms with Gasteiger partial charge < -0.3 is 10.2 Å². The topological polar surface area (TPSA) is 49.4 Å². The number of carbonyl (C=O) groups is 2. The molecule has 0 fully saturated rings. The van der Waals surface area contributed by atoms with Crippen molar-refractivity contribution in [3.63, 3.8) is 0 Å². The van der Waals surface area contributed by atoms with Gasteiger partial charge in [-0.05, 0) is 40.9 Å². The highest BCUT2D eigenvalue weighted by molar-refractivity contribution is 7.07. The van der Waals surface area contributed by atoms with Crippen LogP contribution in [0.25, 0.3) is 0 Å². The Hall–Kier alpha value is -2.14. The molecule has 0 saturated heterocycles. The summed E-state index contributed by atoms with van der Waals surface area (Å²) in [4.78, 5) is 25.6. The van der Waals surface area contributed by atoms with Crippen molar-refractivity contribution in [2.24, 2.45) is 0 Å². The number of anilines is 1. The van der Waals surface area contributed by atoms with Crippen LogP contribution in [0, 0.1) is 0 Å². The van der Waals surface area contributed by atoms with Gasteiger partial charge in [0, 0.05) is 20.5 Å². The van der Waals surface area contributed by atoms with E-state index in [1.807, 2.05) is 16.8 Å². The minimum Gasteiger partial charge on any atom is -0.345 e. The molecule has 2 rings (SSSR count). The fraction of sp³-hybridized carbons (Fsp3) is 0.250. The molecule has 1 heterocycles. The number of nitrogens with zero attached hydrogens (tertiary/aromatic N) is 1. The number of benzene rings is 1. The lowest BCUT2D eigenvalue weighted by Gasteiger charge is -2.14. The van der Waals surface area contributed by atoms with Crippen molar-refractivity contribution in [1.82, 2.24) is 4.90 Å². The molecule has 110 valence electrons. The number of hydrogen-bond donors (Lipinski definition) is 1. The minimum absolute atomic E-state index is 0.0831. The highest BCUT2D eigenvalue weighted by Crippen LogP contribution is 2.17. The largest absolute Gasteiger partial charge is 0.345 e. The summed E-state index contributed by atoms with van der Waals surface area (Å²) in [5, 5.41) is 6.86. The van der Waals surface area contributed by atoms with E-state index in [4.69, 9.17) is 0 Å². The molecule has 2 amide bonds. The van der Waals surface area contributed by atoms with Crippen LogP contribution in [0.15, 0.2) is 41.1 Å². The fourth-order valence-electron chi connectivity index (χ4n) is 1.92. The quantitative estimate of drug-likeness (QED) is 0.923. The van der Waals surface area contributed by atoms with Crippen LogP contribution in [0.4, 0.5) is 5.69 Å². The molecule has 4 nitrogen and oxygen atoms in total. The maximum Gasteiger partial charge on any atom is 0.255 e. The lowest BCUT2D eigenvalue weighted by atomic mass is 10.1. The Morgan fingerprint density at radius 1 is 1.19 bits per heavy atom. The minimum atomic E-state index is -0.122. The smallest absolute Gasteiger partial charge is 0.255 e. The molecule has 21 heavy (non-hydrogen) atoms. The van der Waals surface area contributed by atoms with Crippen molar-refractivity contribution in [2.75, 3.05) is 19.4 Å². The average molecular weight is 302 g/mol. The zero-order valence-corrected chi connectivity index (χ0v) is 12.9. The summed E-state index contributed by atoms with van der Waals surface area (Å²) in [6.45, 7) is 0. The average Bonchev–Trinajstić information content (AvgIpc) is 2.98. The SMILES string of the molecule is CN(C)C(=O)c1ccccc1NC(=O)CCc1ccsc1. The maximum absolute atomic E-state index is 12.1. The van der Waals surface area contributed by atoms with E-state index < -0.39 is 0 Å². The van der Waals surface area contributed by atoms with Gasteiger partial charge in [-0.2, -0.15) is 11.3 Å². The highest BCUT2D eigenvalue weighted by Gasteiger charge is 2.14. The number of nitrogens with one attached hydrogen (secondary N) is 1. The van der Waals surface area contributed by atoms with Crippen LogP contribution in [-0.2, 0) is 11.2 Å². The Kier molecular flexibility index (Phi) is 5.11. The zero-order valence-electron chi connectivity index (χ0n) is 12.1. The van der Waals surface area contributed by atoms with E-state index in [2.05, 4.69) is 5.32 Å². The molecule has 1 aromatic heterocycles. The number of rotatable bonds is 5. The van der Waals surface area contributed by atoms with Gasteiger partial charge in [0.25, 0.3) is 5.91 Å². The van der Waals surface area contributed by atoms with E-state index >= 15 is 0 Å². The Labute approximate surface area is 128 Å². The Morgan fingerprint density at radius 3 is 2.62 bits per heavy atom. The summed E-state index contributed by atoms with van der Waals surface area (Å²) in [5.41, 5.74) is 2.23. The fourth-order valence-corrected chi connectivity index (χ4v) is 2.63. The Balaban J connectivity index is 2.02. The molecule has 0 atom stereocenters. The number of amides is 2. The van der Waals surface area contributed by atoms with Crippen LogP contribution in [-0.4, -0.2) is 30.8 Å². The lowest BCUT2D eigenvalue weighted by Crippen LogP contribution is -2.24. The number of hydrogen-bond acceptors (Lipinski definition) is 3. The zero-order chi connectivity index (χ0) is 15.2.